The Morgan fingerprint density at radius 2 is 1.90 bits per heavy atom. The Kier molecular flexibility index (Phi) is 5.85. The molecule has 0 radical (unpaired) electrons. The van der Waals surface area contributed by atoms with Crippen LogP contribution in [0.3, 0.4) is 0 Å². The molecule has 0 atom stereocenters. The Morgan fingerprint density at radius 3 is 2.62 bits per heavy atom. The number of carbonyl (C=O) groups is 1. The molecule has 1 aliphatic heterocycles. The SMILES string of the molecule is Cc1cc(OCC(=O)Nc2nccs2)nc(N2CCN(c3ccccc3)CC2)n1. The van der Waals surface area contributed by atoms with E-state index in [9.17, 15) is 4.79 Å². The van der Waals surface area contributed by atoms with Crippen molar-refractivity contribution < 1.29 is 9.53 Å². The van der Waals surface area contributed by atoms with Crippen LogP contribution in [0.5, 0.6) is 5.88 Å². The molecule has 0 saturated carbocycles. The van der Waals surface area contributed by atoms with Gasteiger partial charge in [0.15, 0.2) is 11.7 Å². The minimum atomic E-state index is -0.269. The van der Waals surface area contributed by atoms with E-state index >= 15 is 0 Å². The van der Waals surface area contributed by atoms with Gasteiger partial charge in [-0.05, 0) is 19.1 Å². The molecule has 1 saturated heterocycles. The average molecular weight is 411 g/mol. The number of rotatable bonds is 6. The number of piperazine rings is 1. The monoisotopic (exact) mass is 410 g/mol. The lowest BCUT2D eigenvalue weighted by Crippen LogP contribution is -2.47. The number of hydrogen-bond acceptors (Lipinski definition) is 8. The molecule has 1 aromatic carbocycles. The zero-order valence-corrected chi connectivity index (χ0v) is 16.9. The van der Waals surface area contributed by atoms with E-state index in [0.717, 1.165) is 31.9 Å². The van der Waals surface area contributed by atoms with Crippen molar-refractivity contribution in [3.63, 3.8) is 0 Å². The van der Waals surface area contributed by atoms with Gasteiger partial charge in [0.05, 0.1) is 0 Å². The smallest absolute Gasteiger partial charge is 0.264 e. The van der Waals surface area contributed by atoms with Gasteiger partial charge in [-0.25, -0.2) is 9.97 Å². The molecule has 1 fully saturated rings. The van der Waals surface area contributed by atoms with Crippen LogP contribution >= 0.6 is 11.3 Å². The molecular weight excluding hydrogens is 388 g/mol. The van der Waals surface area contributed by atoms with Crippen molar-refractivity contribution >= 4 is 34.0 Å². The predicted octanol–water partition coefficient (Wildman–Crippen LogP) is 2.59. The number of aromatic nitrogens is 3. The number of para-hydroxylation sites is 1. The van der Waals surface area contributed by atoms with E-state index in [1.54, 1.807) is 17.6 Å². The highest BCUT2D eigenvalue weighted by molar-refractivity contribution is 7.13. The van der Waals surface area contributed by atoms with E-state index in [1.165, 1.54) is 17.0 Å². The van der Waals surface area contributed by atoms with Gasteiger partial charge in [-0.15, -0.1) is 11.3 Å². The van der Waals surface area contributed by atoms with Gasteiger partial charge in [-0.3, -0.25) is 10.1 Å². The van der Waals surface area contributed by atoms with Crippen molar-refractivity contribution in [1.29, 1.82) is 0 Å². The summed E-state index contributed by atoms with van der Waals surface area (Å²) in [6, 6.07) is 12.1. The number of nitrogens with zero attached hydrogens (tertiary/aromatic N) is 5. The summed E-state index contributed by atoms with van der Waals surface area (Å²) in [6.45, 7) is 5.21. The minimum absolute atomic E-state index is 0.128. The van der Waals surface area contributed by atoms with Crippen LogP contribution in [0, 0.1) is 6.92 Å². The zero-order valence-electron chi connectivity index (χ0n) is 16.1. The third-order valence-electron chi connectivity index (χ3n) is 4.53. The third-order valence-corrected chi connectivity index (χ3v) is 5.22. The van der Waals surface area contributed by atoms with Crippen molar-refractivity contribution in [2.75, 3.05) is 47.9 Å². The van der Waals surface area contributed by atoms with Gasteiger partial charge < -0.3 is 14.5 Å². The van der Waals surface area contributed by atoms with E-state index in [-0.39, 0.29) is 12.5 Å². The molecule has 0 spiro atoms. The standard InChI is InChI=1S/C20H22N6O2S/c1-15-13-18(28-14-17(27)23-20-21-7-12-29-20)24-19(22-15)26-10-8-25(9-11-26)16-5-3-2-4-6-16/h2-7,12-13H,8-11,14H2,1H3,(H,21,23,27). The fraction of sp³-hybridized carbons (Fsp3) is 0.300. The fourth-order valence-corrected chi connectivity index (χ4v) is 3.67. The summed E-state index contributed by atoms with van der Waals surface area (Å²) < 4.78 is 5.60. The van der Waals surface area contributed by atoms with E-state index in [0.29, 0.717) is 17.0 Å². The van der Waals surface area contributed by atoms with Gasteiger partial charge in [0.25, 0.3) is 5.91 Å². The van der Waals surface area contributed by atoms with Crippen LogP contribution in [0.15, 0.2) is 48.0 Å². The molecule has 8 nitrogen and oxygen atoms in total. The van der Waals surface area contributed by atoms with Crippen molar-refractivity contribution in [1.82, 2.24) is 15.0 Å². The Labute approximate surface area is 173 Å². The molecule has 150 valence electrons. The second kappa shape index (κ2) is 8.87. The topological polar surface area (TPSA) is 83.5 Å². The summed E-state index contributed by atoms with van der Waals surface area (Å²) in [4.78, 5) is 29.6. The van der Waals surface area contributed by atoms with Gasteiger partial charge >= 0.3 is 0 Å². The summed E-state index contributed by atoms with van der Waals surface area (Å²) in [7, 11) is 0. The Hall–Kier alpha value is -3.20. The molecule has 0 unspecified atom stereocenters. The first kappa shape index (κ1) is 19.1. The summed E-state index contributed by atoms with van der Waals surface area (Å²) >= 11 is 1.36. The van der Waals surface area contributed by atoms with Crippen LogP contribution < -0.4 is 19.9 Å². The lowest BCUT2D eigenvalue weighted by Gasteiger charge is -2.36. The molecule has 0 bridgehead atoms. The summed E-state index contributed by atoms with van der Waals surface area (Å²) in [6.07, 6.45) is 1.64. The number of amides is 1. The number of thiazole rings is 1. The molecule has 1 amide bonds. The molecule has 2 aromatic heterocycles. The number of nitrogens with one attached hydrogen (secondary N) is 1. The number of carbonyl (C=O) groups excluding carboxylic acids is 1. The van der Waals surface area contributed by atoms with E-state index < -0.39 is 0 Å². The maximum absolute atomic E-state index is 12.0. The van der Waals surface area contributed by atoms with E-state index in [2.05, 4.69) is 54.3 Å². The Morgan fingerprint density at radius 1 is 1.14 bits per heavy atom. The van der Waals surface area contributed by atoms with Crippen LogP contribution in [0.25, 0.3) is 0 Å². The van der Waals surface area contributed by atoms with Gasteiger partial charge in [0, 0.05) is 55.2 Å². The van der Waals surface area contributed by atoms with Crippen LogP contribution in [0.1, 0.15) is 5.69 Å². The highest BCUT2D eigenvalue weighted by Crippen LogP contribution is 2.20. The largest absolute Gasteiger partial charge is 0.467 e. The number of hydrogen-bond donors (Lipinski definition) is 1. The number of ether oxygens (including phenoxy) is 1. The van der Waals surface area contributed by atoms with Crippen molar-refractivity contribution in [3.05, 3.63) is 53.7 Å². The quantitative estimate of drug-likeness (QED) is 0.669. The molecule has 9 heteroatoms. The lowest BCUT2D eigenvalue weighted by atomic mass is 10.2. The Bertz CT molecular complexity index is 943. The minimum Gasteiger partial charge on any atom is -0.467 e. The van der Waals surface area contributed by atoms with Crippen LogP contribution in [0.4, 0.5) is 16.8 Å². The van der Waals surface area contributed by atoms with Gasteiger partial charge in [0.1, 0.15) is 0 Å². The average Bonchev–Trinajstić information content (AvgIpc) is 3.26. The summed E-state index contributed by atoms with van der Waals surface area (Å²) in [5, 5.41) is 5.04. The molecular formula is C20H22N6O2S. The van der Waals surface area contributed by atoms with Crippen molar-refractivity contribution in [2.45, 2.75) is 6.92 Å². The number of aryl methyl sites for hydroxylation is 1. The van der Waals surface area contributed by atoms with Gasteiger partial charge in [-0.2, -0.15) is 4.98 Å². The predicted molar refractivity (Wildman–Crippen MR) is 114 cm³/mol. The van der Waals surface area contributed by atoms with Gasteiger partial charge in [-0.1, -0.05) is 18.2 Å². The maximum atomic E-state index is 12.0. The molecule has 1 N–H and O–H groups in total. The fourth-order valence-electron chi connectivity index (χ4n) is 3.12. The number of benzene rings is 1. The summed E-state index contributed by atoms with van der Waals surface area (Å²) in [5.74, 6) is 0.759. The molecule has 0 aliphatic carbocycles. The van der Waals surface area contributed by atoms with Crippen molar-refractivity contribution in [3.8, 4) is 5.88 Å². The molecule has 3 heterocycles. The van der Waals surface area contributed by atoms with Gasteiger partial charge in [0.2, 0.25) is 11.8 Å². The van der Waals surface area contributed by atoms with Crippen LogP contribution in [-0.4, -0.2) is 53.6 Å². The van der Waals surface area contributed by atoms with E-state index in [4.69, 9.17) is 4.74 Å². The maximum Gasteiger partial charge on any atom is 0.264 e. The first-order chi connectivity index (χ1) is 14.2. The lowest BCUT2D eigenvalue weighted by molar-refractivity contribution is -0.118. The normalized spacial score (nSPS) is 14.0. The third kappa shape index (κ3) is 5.00. The molecule has 1 aliphatic rings. The molecule has 29 heavy (non-hydrogen) atoms. The molecule has 3 aromatic rings. The molecule has 4 rings (SSSR count). The van der Waals surface area contributed by atoms with Crippen molar-refractivity contribution in [2.24, 2.45) is 0 Å². The van der Waals surface area contributed by atoms with E-state index in [1.807, 2.05) is 13.0 Å². The second-order valence-corrected chi connectivity index (χ2v) is 7.53. The van der Waals surface area contributed by atoms with Crippen LogP contribution in [-0.2, 0) is 4.79 Å². The van der Waals surface area contributed by atoms with Crippen LogP contribution in [0.2, 0.25) is 0 Å². The first-order valence-electron chi connectivity index (χ1n) is 9.40. The Balaban J connectivity index is 1.35. The zero-order chi connectivity index (χ0) is 20.1. The highest BCUT2D eigenvalue weighted by Gasteiger charge is 2.20. The highest BCUT2D eigenvalue weighted by atomic mass is 32.1. The number of anilines is 3. The second-order valence-electron chi connectivity index (χ2n) is 6.63. The first-order valence-corrected chi connectivity index (χ1v) is 10.3. The summed E-state index contributed by atoms with van der Waals surface area (Å²) in [5.41, 5.74) is 2.03.